The Morgan fingerprint density at radius 3 is 2.68 bits per heavy atom. The van der Waals surface area contributed by atoms with Crippen molar-refractivity contribution in [3.63, 3.8) is 0 Å². The number of piperidine rings is 1. The molecule has 3 atom stereocenters. The molecule has 1 aliphatic carbocycles. The highest BCUT2D eigenvalue weighted by molar-refractivity contribution is 7.89. The minimum Gasteiger partial charge on any atom is -0.494 e. The van der Waals surface area contributed by atoms with Crippen LogP contribution in [0.1, 0.15) is 55.7 Å². The van der Waals surface area contributed by atoms with Gasteiger partial charge in [-0.2, -0.15) is 4.31 Å². The summed E-state index contributed by atoms with van der Waals surface area (Å²) in [5.74, 6) is 1.45. The lowest BCUT2D eigenvalue weighted by molar-refractivity contribution is 0.326. The van der Waals surface area contributed by atoms with Gasteiger partial charge in [0.05, 0.1) is 17.5 Å². The summed E-state index contributed by atoms with van der Waals surface area (Å²) in [7, 11) is -3.44. The number of nitrogens with one attached hydrogen (secondary N) is 1. The second-order valence-corrected chi connectivity index (χ2v) is 10.6. The van der Waals surface area contributed by atoms with E-state index in [0.29, 0.717) is 30.5 Å². The summed E-state index contributed by atoms with van der Waals surface area (Å²) in [5.41, 5.74) is 3.27. The van der Waals surface area contributed by atoms with Crippen LogP contribution in [-0.4, -0.2) is 32.4 Å². The van der Waals surface area contributed by atoms with Gasteiger partial charge in [0.2, 0.25) is 10.0 Å². The van der Waals surface area contributed by atoms with E-state index in [0.717, 1.165) is 42.7 Å². The van der Waals surface area contributed by atoms with Crippen LogP contribution in [0.2, 0.25) is 0 Å². The van der Waals surface area contributed by atoms with Crippen molar-refractivity contribution in [1.29, 1.82) is 0 Å². The Morgan fingerprint density at radius 1 is 1.06 bits per heavy atom. The van der Waals surface area contributed by atoms with E-state index in [2.05, 4.69) is 29.6 Å². The second-order valence-electron chi connectivity index (χ2n) is 8.66. The molecule has 5 rings (SSSR count). The zero-order chi connectivity index (χ0) is 21.4. The second kappa shape index (κ2) is 8.32. The van der Waals surface area contributed by atoms with Gasteiger partial charge in [0.25, 0.3) is 0 Å². The Labute approximate surface area is 185 Å². The number of ether oxygens (including phenoxy) is 1. The van der Waals surface area contributed by atoms with Crippen molar-refractivity contribution < 1.29 is 13.2 Å². The smallest absolute Gasteiger partial charge is 0.243 e. The SMILES string of the molecule is CCOc1ccccc1C1Nc2ccc(S(=O)(=O)N3CCCCC3)cc2C2C=CCC21. The number of sulfonamides is 1. The fourth-order valence-corrected chi connectivity index (χ4v) is 6.87. The molecule has 1 fully saturated rings. The number of hydrogen-bond acceptors (Lipinski definition) is 4. The predicted octanol–water partition coefficient (Wildman–Crippen LogP) is 5.09. The Balaban J connectivity index is 1.51. The van der Waals surface area contributed by atoms with Gasteiger partial charge in [-0.1, -0.05) is 36.8 Å². The van der Waals surface area contributed by atoms with Gasteiger partial charge in [-0.3, -0.25) is 0 Å². The third-order valence-corrected chi connectivity index (χ3v) is 8.74. The zero-order valence-electron chi connectivity index (χ0n) is 18.0. The number of nitrogens with zero attached hydrogens (tertiary/aromatic N) is 1. The fourth-order valence-electron chi connectivity index (χ4n) is 5.32. The summed E-state index contributed by atoms with van der Waals surface area (Å²) in [6, 6.07) is 14.0. The number of allylic oxidation sites excluding steroid dienone is 2. The maximum absolute atomic E-state index is 13.2. The Bertz CT molecular complexity index is 1090. The molecule has 31 heavy (non-hydrogen) atoms. The number of hydrogen-bond donors (Lipinski definition) is 1. The van der Waals surface area contributed by atoms with Crippen molar-refractivity contribution in [2.45, 2.75) is 49.5 Å². The molecule has 0 saturated carbocycles. The molecule has 0 bridgehead atoms. The maximum Gasteiger partial charge on any atom is 0.243 e. The van der Waals surface area contributed by atoms with E-state index in [9.17, 15) is 8.42 Å². The van der Waals surface area contributed by atoms with Crippen LogP contribution >= 0.6 is 0 Å². The summed E-state index contributed by atoms with van der Waals surface area (Å²) in [6.45, 7) is 3.88. The van der Waals surface area contributed by atoms with Gasteiger partial charge >= 0.3 is 0 Å². The van der Waals surface area contributed by atoms with Crippen LogP contribution in [0, 0.1) is 5.92 Å². The van der Waals surface area contributed by atoms with Crippen LogP contribution in [0.15, 0.2) is 59.5 Å². The summed E-state index contributed by atoms with van der Waals surface area (Å²) in [6.07, 6.45) is 8.44. The summed E-state index contributed by atoms with van der Waals surface area (Å²) in [5, 5.41) is 3.71. The van der Waals surface area contributed by atoms with Gasteiger partial charge in [-0.15, -0.1) is 0 Å². The summed E-state index contributed by atoms with van der Waals surface area (Å²) >= 11 is 0. The molecule has 0 radical (unpaired) electrons. The standard InChI is InChI=1S/C25H30N2O3S/c1-2-30-24-12-5-4-9-21(24)25-20-11-8-10-19(20)22-17-18(13-14-23(22)26-25)31(28,29)27-15-6-3-7-16-27/h4-5,8-10,12-14,17,19-20,25-26H,2-3,6-7,11,15-16H2,1H3. The first kappa shape index (κ1) is 20.6. The van der Waals surface area contributed by atoms with E-state index >= 15 is 0 Å². The normalized spacial score (nSPS) is 25.5. The maximum atomic E-state index is 13.2. The molecule has 2 aliphatic heterocycles. The van der Waals surface area contributed by atoms with Gasteiger partial charge in [-0.05, 0) is 61.9 Å². The largest absolute Gasteiger partial charge is 0.494 e. The van der Waals surface area contributed by atoms with Crippen molar-refractivity contribution >= 4 is 15.7 Å². The predicted molar refractivity (Wildman–Crippen MR) is 123 cm³/mol. The minimum atomic E-state index is -3.44. The highest BCUT2D eigenvalue weighted by Crippen LogP contribution is 2.51. The highest BCUT2D eigenvalue weighted by atomic mass is 32.2. The molecule has 0 spiro atoms. The summed E-state index contributed by atoms with van der Waals surface area (Å²) < 4.78 is 34.0. The van der Waals surface area contributed by atoms with Crippen molar-refractivity contribution in [3.8, 4) is 5.75 Å². The number of fused-ring (bicyclic) bond motifs is 3. The molecular formula is C25H30N2O3S. The van der Waals surface area contributed by atoms with Gasteiger partial charge < -0.3 is 10.1 Å². The number of para-hydroxylation sites is 1. The number of rotatable bonds is 5. The molecule has 2 aromatic carbocycles. The third kappa shape index (κ3) is 3.66. The molecule has 0 amide bonds. The molecule has 1 N–H and O–H groups in total. The van der Waals surface area contributed by atoms with E-state index in [-0.39, 0.29) is 12.0 Å². The highest BCUT2D eigenvalue weighted by Gasteiger charge is 2.39. The van der Waals surface area contributed by atoms with Crippen LogP contribution in [0.3, 0.4) is 0 Å². The average molecular weight is 439 g/mol. The molecule has 2 heterocycles. The Kier molecular flexibility index (Phi) is 5.52. The quantitative estimate of drug-likeness (QED) is 0.661. The van der Waals surface area contributed by atoms with Crippen molar-refractivity contribution in [2.24, 2.45) is 5.92 Å². The van der Waals surface area contributed by atoms with E-state index < -0.39 is 10.0 Å². The molecule has 3 aliphatic rings. The van der Waals surface area contributed by atoms with Gasteiger partial charge in [0.15, 0.2) is 0 Å². The van der Waals surface area contributed by atoms with Gasteiger partial charge in [0.1, 0.15) is 5.75 Å². The van der Waals surface area contributed by atoms with E-state index in [1.165, 1.54) is 5.56 Å². The number of benzene rings is 2. The van der Waals surface area contributed by atoms with Crippen LogP contribution < -0.4 is 10.1 Å². The average Bonchev–Trinajstić information content (AvgIpc) is 3.30. The molecular weight excluding hydrogens is 408 g/mol. The minimum absolute atomic E-state index is 0.125. The molecule has 164 valence electrons. The molecule has 0 aromatic heterocycles. The number of anilines is 1. The van der Waals surface area contributed by atoms with Gasteiger partial charge in [-0.25, -0.2) is 8.42 Å². The van der Waals surface area contributed by atoms with Crippen molar-refractivity contribution in [2.75, 3.05) is 25.0 Å². The van der Waals surface area contributed by atoms with Gasteiger partial charge in [0, 0.05) is 30.3 Å². The van der Waals surface area contributed by atoms with Crippen LogP contribution in [0.5, 0.6) is 5.75 Å². The lowest BCUT2D eigenvalue weighted by Crippen LogP contribution is -2.36. The Morgan fingerprint density at radius 2 is 1.87 bits per heavy atom. The van der Waals surface area contributed by atoms with Crippen LogP contribution in [0.25, 0.3) is 0 Å². The first-order valence-corrected chi connectivity index (χ1v) is 12.8. The molecule has 6 heteroatoms. The first-order chi connectivity index (χ1) is 15.1. The van der Waals surface area contributed by atoms with Crippen LogP contribution in [-0.2, 0) is 10.0 Å². The summed E-state index contributed by atoms with van der Waals surface area (Å²) in [4.78, 5) is 0.419. The van der Waals surface area contributed by atoms with Crippen molar-refractivity contribution in [3.05, 3.63) is 65.7 Å². The van der Waals surface area contributed by atoms with E-state index in [1.807, 2.05) is 31.2 Å². The van der Waals surface area contributed by atoms with E-state index in [1.54, 1.807) is 10.4 Å². The third-order valence-electron chi connectivity index (χ3n) is 6.84. The van der Waals surface area contributed by atoms with Crippen LogP contribution in [0.4, 0.5) is 5.69 Å². The molecule has 2 aromatic rings. The Hall–Kier alpha value is -2.31. The lowest BCUT2D eigenvalue weighted by atomic mass is 9.77. The zero-order valence-corrected chi connectivity index (χ0v) is 18.8. The van der Waals surface area contributed by atoms with E-state index in [4.69, 9.17) is 4.74 Å². The topological polar surface area (TPSA) is 58.6 Å². The first-order valence-electron chi connectivity index (χ1n) is 11.4. The molecule has 5 nitrogen and oxygen atoms in total. The monoisotopic (exact) mass is 438 g/mol. The molecule has 1 saturated heterocycles. The van der Waals surface area contributed by atoms with Crippen molar-refractivity contribution in [1.82, 2.24) is 4.31 Å². The lowest BCUT2D eigenvalue weighted by Gasteiger charge is -2.38. The molecule has 3 unspecified atom stereocenters. The fraction of sp³-hybridized carbons (Fsp3) is 0.440.